The molecule has 3 rings (SSSR count). The second-order valence-electron chi connectivity index (χ2n) is 6.97. The Labute approximate surface area is 196 Å². The number of hydrogen-bond donors (Lipinski definition) is 2. The van der Waals surface area contributed by atoms with E-state index in [9.17, 15) is 4.79 Å². The lowest BCUT2D eigenvalue weighted by Crippen LogP contribution is -2.39. The Hall–Kier alpha value is -2.29. The second kappa shape index (κ2) is 13.1. The molecule has 1 aliphatic rings. The predicted molar refractivity (Wildman–Crippen MR) is 133 cm³/mol. The molecule has 0 radical (unpaired) electrons. The Morgan fingerprint density at radius 3 is 2.50 bits per heavy atom. The molecule has 0 bridgehead atoms. The highest BCUT2D eigenvalue weighted by atomic mass is 127. The van der Waals surface area contributed by atoms with Crippen molar-refractivity contribution >= 4 is 41.5 Å². The summed E-state index contributed by atoms with van der Waals surface area (Å²) in [5.74, 6) is 1.83. The summed E-state index contributed by atoms with van der Waals surface area (Å²) in [6.07, 6.45) is 3.13. The molecule has 2 N–H and O–H groups in total. The number of para-hydroxylation sites is 2. The zero-order chi connectivity index (χ0) is 20.3. The van der Waals surface area contributed by atoms with Crippen LogP contribution < -0.4 is 20.3 Å². The largest absolute Gasteiger partial charge is 0.494 e. The molecular formula is C23H31IN4O2. The van der Waals surface area contributed by atoms with Crippen molar-refractivity contribution in [1.29, 1.82) is 0 Å². The topological polar surface area (TPSA) is 66.0 Å². The Balaban J connectivity index is 0.00000320. The highest BCUT2D eigenvalue weighted by Crippen LogP contribution is 2.27. The van der Waals surface area contributed by atoms with E-state index in [0.29, 0.717) is 19.6 Å². The second-order valence-corrected chi connectivity index (χ2v) is 6.97. The fraction of sp³-hybridized carbons (Fsp3) is 0.391. The quantitative estimate of drug-likeness (QED) is 0.229. The highest BCUT2D eigenvalue weighted by molar-refractivity contribution is 14.0. The van der Waals surface area contributed by atoms with Crippen molar-refractivity contribution in [2.24, 2.45) is 4.99 Å². The predicted octanol–water partition coefficient (Wildman–Crippen LogP) is 3.61. The number of guanidine groups is 1. The molecule has 7 heteroatoms. The maximum absolute atomic E-state index is 12.5. The number of anilines is 1. The Bertz CT molecular complexity index is 814. The van der Waals surface area contributed by atoms with Gasteiger partial charge in [0.2, 0.25) is 5.91 Å². The minimum absolute atomic E-state index is 0. The molecule has 2 aromatic rings. The van der Waals surface area contributed by atoms with Crippen molar-refractivity contribution < 1.29 is 9.53 Å². The first-order chi connectivity index (χ1) is 14.3. The number of benzene rings is 2. The summed E-state index contributed by atoms with van der Waals surface area (Å²) in [7, 11) is 1.75. The lowest BCUT2D eigenvalue weighted by molar-refractivity contribution is -0.118. The molecule has 0 aromatic heterocycles. The highest BCUT2D eigenvalue weighted by Gasteiger charge is 2.23. The average Bonchev–Trinajstić information content (AvgIpc) is 3.20. The number of halogens is 1. The maximum Gasteiger partial charge on any atom is 0.227 e. The molecular weight excluding hydrogens is 491 g/mol. The number of amides is 1. The molecule has 0 atom stereocenters. The Morgan fingerprint density at radius 2 is 1.73 bits per heavy atom. The average molecular weight is 522 g/mol. The third kappa shape index (κ3) is 7.19. The standard InChI is InChI=1S/C23H30N4O2.HI/c1-24-23(26-16-8-18-29-20-10-3-2-4-11-20)25-15-7-13-22(28)27-17-14-19-9-5-6-12-21(19)27;/h2-6,9-12H,7-8,13-18H2,1H3,(H2,24,25,26);1H. The molecule has 0 fully saturated rings. The van der Waals surface area contributed by atoms with Gasteiger partial charge in [0, 0.05) is 38.8 Å². The molecule has 162 valence electrons. The van der Waals surface area contributed by atoms with E-state index in [4.69, 9.17) is 4.74 Å². The van der Waals surface area contributed by atoms with Crippen LogP contribution in [-0.4, -0.2) is 45.2 Å². The molecule has 0 saturated carbocycles. The van der Waals surface area contributed by atoms with Gasteiger partial charge in [-0.05, 0) is 43.0 Å². The molecule has 0 spiro atoms. The van der Waals surface area contributed by atoms with E-state index in [2.05, 4.69) is 21.7 Å². The van der Waals surface area contributed by atoms with Crippen LogP contribution in [0, 0.1) is 0 Å². The van der Waals surface area contributed by atoms with Crippen LogP contribution in [0.5, 0.6) is 5.75 Å². The molecule has 1 aliphatic heterocycles. The number of fused-ring (bicyclic) bond motifs is 1. The zero-order valence-electron chi connectivity index (χ0n) is 17.5. The van der Waals surface area contributed by atoms with Gasteiger partial charge in [-0.1, -0.05) is 36.4 Å². The molecule has 0 aliphatic carbocycles. The lowest BCUT2D eigenvalue weighted by Gasteiger charge is -2.17. The van der Waals surface area contributed by atoms with E-state index in [0.717, 1.165) is 49.7 Å². The molecule has 0 unspecified atom stereocenters. The SMILES string of the molecule is CN=C(NCCCOc1ccccc1)NCCCC(=O)N1CCc2ccccc21.I. The molecule has 1 amide bonds. The van der Waals surface area contributed by atoms with Crippen molar-refractivity contribution in [3.8, 4) is 5.75 Å². The van der Waals surface area contributed by atoms with Crippen LogP contribution in [-0.2, 0) is 11.2 Å². The number of rotatable bonds is 9. The first-order valence-electron chi connectivity index (χ1n) is 10.3. The van der Waals surface area contributed by atoms with E-state index in [-0.39, 0.29) is 29.9 Å². The van der Waals surface area contributed by atoms with Crippen LogP contribution >= 0.6 is 24.0 Å². The smallest absolute Gasteiger partial charge is 0.227 e. The maximum atomic E-state index is 12.5. The number of carbonyl (C=O) groups is 1. The third-order valence-corrected chi connectivity index (χ3v) is 4.90. The molecule has 6 nitrogen and oxygen atoms in total. The first-order valence-corrected chi connectivity index (χ1v) is 10.3. The van der Waals surface area contributed by atoms with Gasteiger partial charge in [0.15, 0.2) is 5.96 Å². The lowest BCUT2D eigenvalue weighted by atomic mass is 10.2. The van der Waals surface area contributed by atoms with Crippen molar-refractivity contribution in [2.45, 2.75) is 25.7 Å². The minimum atomic E-state index is 0. The fourth-order valence-corrected chi connectivity index (χ4v) is 3.38. The van der Waals surface area contributed by atoms with Gasteiger partial charge in [0.25, 0.3) is 0 Å². The zero-order valence-corrected chi connectivity index (χ0v) is 19.8. The number of nitrogens with zero attached hydrogens (tertiary/aromatic N) is 2. The van der Waals surface area contributed by atoms with Gasteiger partial charge in [-0.15, -0.1) is 24.0 Å². The Kier molecular flexibility index (Phi) is 10.5. The molecule has 30 heavy (non-hydrogen) atoms. The van der Waals surface area contributed by atoms with Crippen molar-refractivity contribution in [3.63, 3.8) is 0 Å². The van der Waals surface area contributed by atoms with Gasteiger partial charge in [-0.3, -0.25) is 9.79 Å². The molecule has 2 aromatic carbocycles. The van der Waals surface area contributed by atoms with Gasteiger partial charge >= 0.3 is 0 Å². The molecule has 0 saturated heterocycles. The number of ether oxygens (including phenoxy) is 1. The minimum Gasteiger partial charge on any atom is -0.494 e. The van der Waals surface area contributed by atoms with Crippen LogP contribution in [0.4, 0.5) is 5.69 Å². The third-order valence-electron chi connectivity index (χ3n) is 4.90. The fourth-order valence-electron chi connectivity index (χ4n) is 3.38. The summed E-state index contributed by atoms with van der Waals surface area (Å²) in [5, 5.41) is 6.55. The summed E-state index contributed by atoms with van der Waals surface area (Å²) < 4.78 is 5.68. The number of nitrogens with one attached hydrogen (secondary N) is 2. The summed E-state index contributed by atoms with van der Waals surface area (Å²) in [4.78, 5) is 18.7. The van der Waals surface area contributed by atoms with Gasteiger partial charge in [0.05, 0.1) is 6.61 Å². The van der Waals surface area contributed by atoms with Crippen LogP contribution in [0.2, 0.25) is 0 Å². The monoisotopic (exact) mass is 522 g/mol. The number of aliphatic imine (C=N–C) groups is 1. The van der Waals surface area contributed by atoms with Crippen LogP contribution in [0.25, 0.3) is 0 Å². The van der Waals surface area contributed by atoms with Gasteiger partial charge < -0.3 is 20.3 Å². The van der Waals surface area contributed by atoms with Crippen LogP contribution in [0.1, 0.15) is 24.8 Å². The summed E-state index contributed by atoms with van der Waals surface area (Å²) in [6.45, 7) is 2.93. The van der Waals surface area contributed by atoms with Gasteiger partial charge in [-0.25, -0.2) is 0 Å². The Morgan fingerprint density at radius 1 is 1.03 bits per heavy atom. The van der Waals surface area contributed by atoms with Crippen LogP contribution in [0.15, 0.2) is 59.6 Å². The molecule has 1 heterocycles. The van der Waals surface area contributed by atoms with Crippen molar-refractivity contribution in [2.75, 3.05) is 38.2 Å². The van der Waals surface area contributed by atoms with E-state index in [1.54, 1.807) is 7.05 Å². The summed E-state index contributed by atoms with van der Waals surface area (Å²) in [5.41, 5.74) is 2.33. The summed E-state index contributed by atoms with van der Waals surface area (Å²) >= 11 is 0. The van der Waals surface area contributed by atoms with E-state index >= 15 is 0 Å². The van der Waals surface area contributed by atoms with Crippen molar-refractivity contribution in [3.05, 3.63) is 60.2 Å². The van der Waals surface area contributed by atoms with Gasteiger partial charge in [-0.2, -0.15) is 0 Å². The summed E-state index contributed by atoms with van der Waals surface area (Å²) in [6, 6.07) is 18.0. The number of carbonyl (C=O) groups excluding carboxylic acids is 1. The van der Waals surface area contributed by atoms with E-state index < -0.39 is 0 Å². The normalized spacial score (nSPS) is 12.7. The first kappa shape index (κ1) is 24.0. The van der Waals surface area contributed by atoms with E-state index in [1.165, 1.54) is 5.56 Å². The van der Waals surface area contributed by atoms with Crippen molar-refractivity contribution in [1.82, 2.24) is 10.6 Å². The number of hydrogen-bond acceptors (Lipinski definition) is 3. The van der Waals surface area contributed by atoms with E-state index in [1.807, 2.05) is 53.4 Å². The van der Waals surface area contributed by atoms with Crippen LogP contribution in [0.3, 0.4) is 0 Å². The van der Waals surface area contributed by atoms with Gasteiger partial charge in [0.1, 0.15) is 5.75 Å².